The van der Waals surface area contributed by atoms with E-state index in [1.54, 1.807) is 45.2 Å². The third kappa shape index (κ3) is 4.97. The summed E-state index contributed by atoms with van der Waals surface area (Å²) in [6.45, 7) is 3.53. The Hall–Kier alpha value is -3.03. The lowest BCUT2D eigenvalue weighted by Gasteiger charge is -2.25. The number of aliphatic carboxylic acids is 1. The number of amides is 3. The maximum Gasteiger partial charge on any atom is 0.319 e. The summed E-state index contributed by atoms with van der Waals surface area (Å²) in [5, 5.41) is 17.6. The highest BCUT2D eigenvalue weighted by atomic mass is 16.4. The van der Waals surface area contributed by atoms with Gasteiger partial charge in [0.05, 0.1) is 0 Å². The number of benzene rings is 1. The zero-order valence-corrected chi connectivity index (χ0v) is 14.4. The highest BCUT2D eigenvalue weighted by Crippen LogP contribution is 2.20. The summed E-state index contributed by atoms with van der Waals surface area (Å²) in [4.78, 5) is 37.4. The Labute approximate surface area is 145 Å². The van der Waals surface area contributed by atoms with Gasteiger partial charge in [-0.25, -0.2) is 4.79 Å². The number of urea groups is 1. The number of fused-ring (bicyclic) bond motifs is 1. The Morgan fingerprint density at radius 2 is 1.92 bits per heavy atom. The fraction of sp³-hybridized carbons (Fsp3) is 0.353. The molecule has 0 spiro atoms. The van der Waals surface area contributed by atoms with Gasteiger partial charge in [-0.15, -0.1) is 0 Å². The largest absolute Gasteiger partial charge is 0.481 e. The first kappa shape index (κ1) is 18.3. The van der Waals surface area contributed by atoms with E-state index >= 15 is 0 Å². The number of anilines is 1. The summed E-state index contributed by atoms with van der Waals surface area (Å²) >= 11 is 0. The van der Waals surface area contributed by atoms with Gasteiger partial charge >= 0.3 is 12.0 Å². The Morgan fingerprint density at radius 3 is 2.56 bits per heavy atom. The van der Waals surface area contributed by atoms with Gasteiger partial charge < -0.3 is 26.0 Å². The third-order valence-electron chi connectivity index (χ3n) is 3.77. The van der Waals surface area contributed by atoms with Crippen LogP contribution in [0, 0.1) is 0 Å². The predicted octanol–water partition coefficient (Wildman–Crippen LogP) is 2.29. The molecule has 134 valence electrons. The van der Waals surface area contributed by atoms with E-state index in [0.717, 1.165) is 10.9 Å². The zero-order chi connectivity index (χ0) is 18.6. The van der Waals surface area contributed by atoms with Crippen LogP contribution in [-0.4, -0.2) is 40.6 Å². The Bertz CT molecular complexity index is 810. The van der Waals surface area contributed by atoms with Crippen LogP contribution in [0.2, 0.25) is 0 Å². The lowest BCUT2D eigenvalue weighted by atomic mass is 9.99. The smallest absolute Gasteiger partial charge is 0.319 e. The van der Waals surface area contributed by atoms with E-state index in [2.05, 4.69) is 20.9 Å². The molecule has 1 aromatic heterocycles. The molecule has 0 aliphatic heterocycles. The van der Waals surface area contributed by atoms with Crippen LogP contribution < -0.4 is 16.0 Å². The molecule has 1 heterocycles. The maximum absolute atomic E-state index is 12.1. The minimum absolute atomic E-state index is 0.0230. The molecular weight excluding hydrogens is 324 g/mol. The normalized spacial score (nSPS) is 11.2. The lowest BCUT2D eigenvalue weighted by molar-refractivity contribution is -0.137. The molecule has 5 N–H and O–H groups in total. The monoisotopic (exact) mass is 346 g/mol. The first-order chi connectivity index (χ1) is 11.7. The molecule has 3 amide bonds. The van der Waals surface area contributed by atoms with E-state index in [1.807, 2.05) is 0 Å². The number of aromatic nitrogens is 1. The highest BCUT2D eigenvalue weighted by molar-refractivity contribution is 5.99. The molecule has 0 bridgehead atoms. The van der Waals surface area contributed by atoms with Crippen molar-refractivity contribution >= 4 is 34.5 Å². The van der Waals surface area contributed by atoms with Gasteiger partial charge in [0.25, 0.3) is 5.91 Å². The fourth-order valence-electron chi connectivity index (χ4n) is 2.42. The molecule has 1 aromatic carbocycles. The van der Waals surface area contributed by atoms with E-state index in [4.69, 9.17) is 5.11 Å². The van der Waals surface area contributed by atoms with Gasteiger partial charge in [0.1, 0.15) is 5.69 Å². The van der Waals surface area contributed by atoms with E-state index < -0.39 is 17.5 Å². The number of carbonyl (C=O) groups excluding carboxylic acids is 2. The van der Waals surface area contributed by atoms with Gasteiger partial charge in [-0.3, -0.25) is 9.59 Å². The number of hydrogen-bond donors (Lipinski definition) is 5. The van der Waals surface area contributed by atoms with Gasteiger partial charge in [0, 0.05) is 35.6 Å². The highest BCUT2D eigenvalue weighted by Gasteiger charge is 2.21. The van der Waals surface area contributed by atoms with Gasteiger partial charge in [-0.2, -0.15) is 0 Å². The molecule has 0 aliphatic rings. The molecule has 2 aromatic rings. The van der Waals surface area contributed by atoms with Crippen molar-refractivity contribution in [1.82, 2.24) is 15.6 Å². The quantitative estimate of drug-likeness (QED) is 0.550. The molecule has 0 aliphatic carbocycles. The van der Waals surface area contributed by atoms with Crippen LogP contribution >= 0.6 is 0 Å². The van der Waals surface area contributed by atoms with Crippen molar-refractivity contribution in [1.29, 1.82) is 0 Å². The Morgan fingerprint density at radius 1 is 1.20 bits per heavy atom. The summed E-state index contributed by atoms with van der Waals surface area (Å²) in [5.41, 5.74) is 1.15. The van der Waals surface area contributed by atoms with E-state index in [-0.39, 0.29) is 12.3 Å². The average molecular weight is 346 g/mol. The second kappa shape index (κ2) is 7.25. The number of aromatic amines is 1. The van der Waals surface area contributed by atoms with Gasteiger partial charge in [-0.05, 0) is 44.5 Å². The number of carboxylic acids is 1. The molecule has 2 rings (SSSR count). The average Bonchev–Trinajstić information content (AvgIpc) is 2.95. The second-order valence-corrected chi connectivity index (χ2v) is 6.42. The van der Waals surface area contributed by atoms with Crippen molar-refractivity contribution in [3.05, 3.63) is 30.0 Å². The van der Waals surface area contributed by atoms with Gasteiger partial charge in [0.15, 0.2) is 0 Å². The second-order valence-electron chi connectivity index (χ2n) is 6.42. The number of H-pyrrole nitrogens is 1. The SMILES string of the molecule is CNC(=O)c1cc2cc(NC(=O)NC(C)(C)CCC(=O)O)ccc2[nH]1. The molecule has 0 radical (unpaired) electrons. The van der Waals surface area contributed by atoms with E-state index in [0.29, 0.717) is 17.8 Å². The van der Waals surface area contributed by atoms with Crippen LogP contribution in [0.25, 0.3) is 10.9 Å². The molecule has 0 atom stereocenters. The van der Waals surface area contributed by atoms with Crippen LogP contribution in [0.4, 0.5) is 10.5 Å². The number of hydrogen-bond acceptors (Lipinski definition) is 3. The van der Waals surface area contributed by atoms with Crippen molar-refractivity contribution in [2.75, 3.05) is 12.4 Å². The molecule has 0 saturated carbocycles. The topological polar surface area (TPSA) is 123 Å². The number of carboxylic acid groups (broad SMARTS) is 1. The van der Waals surface area contributed by atoms with Crippen molar-refractivity contribution in [3.8, 4) is 0 Å². The third-order valence-corrected chi connectivity index (χ3v) is 3.77. The summed E-state index contributed by atoms with van der Waals surface area (Å²) in [5.74, 6) is -1.12. The summed E-state index contributed by atoms with van der Waals surface area (Å²) in [6.07, 6.45) is 0.299. The van der Waals surface area contributed by atoms with Crippen molar-refractivity contribution in [2.45, 2.75) is 32.2 Å². The summed E-state index contributed by atoms with van der Waals surface area (Å²) in [7, 11) is 1.55. The van der Waals surface area contributed by atoms with Crippen LogP contribution in [-0.2, 0) is 4.79 Å². The van der Waals surface area contributed by atoms with Crippen LogP contribution in [0.1, 0.15) is 37.2 Å². The molecule has 8 heteroatoms. The lowest BCUT2D eigenvalue weighted by Crippen LogP contribution is -2.45. The van der Waals surface area contributed by atoms with Crippen molar-refractivity contribution < 1.29 is 19.5 Å². The van der Waals surface area contributed by atoms with Gasteiger partial charge in [0.2, 0.25) is 0 Å². The number of nitrogens with one attached hydrogen (secondary N) is 4. The van der Waals surface area contributed by atoms with Crippen LogP contribution in [0.15, 0.2) is 24.3 Å². The van der Waals surface area contributed by atoms with E-state index in [1.165, 1.54) is 0 Å². The summed E-state index contributed by atoms with van der Waals surface area (Å²) < 4.78 is 0. The molecule has 0 fully saturated rings. The van der Waals surface area contributed by atoms with Crippen LogP contribution in [0.5, 0.6) is 0 Å². The van der Waals surface area contributed by atoms with Crippen molar-refractivity contribution in [2.24, 2.45) is 0 Å². The molecule has 0 unspecified atom stereocenters. The fourth-order valence-corrected chi connectivity index (χ4v) is 2.42. The number of carbonyl (C=O) groups is 3. The molecule has 25 heavy (non-hydrogen) atoms. The summed E-state index contributed by atoms with van der Waals surface area (Å²) in [6, 6.07) is 6.52. The van der Waals surface area contributed by atoms with E-state index in [9.17, 15) is 14.4 Å². The zero-order valence-electron chi connectivity index (χ0n) is 14.4. The molecule has 8 nitrogen and oxygen atoms in total. The number of rotatable bonds is 6. The minimum Gasteiger partial charge on any atom is -0.481 e. The standard InChI is InChI=1S/C17H22N4O4/c1-17(2,7-6-14(22)23)21-16(25)19-11-4-5-12-10(8-11)9-13(20-12)15(24)18-3/h4-5,8-9,20H,6-7H2,1-3H3,(H,18,24)(H,22,23)(H2,19,21,25). The molecular formula is C17H22N4O4. The van der Waals surface area contributed by atoms with Crippen LogP contribution in [0.3, 0.4) is 0 Å². The first-order valence-electron chi connectivity index (χ1n) is 7.86. The maximum atomic E-state index is 12.1. The Balaban J connectivity index is 2.05. The van der Waals surface area contributed by atoms with Gasteiger partial charge in [-0.1, -0.05) is 0 Å². The van der Waals surface area contributed by atoms with Crippen molar-refractivity contribution in [3.63, 3.8) is 0 Å². The Kier molecular flexibility index (Phi) is 5.31. The predicted molar refractivity (Wildman–Crippen MR) is 94.8 cm³/mol. The minimum atomic E-state index is -0.903. The first-order valence-corrected chi connectivity index (χ1v) is 7.86. The molecule has 0 saturated heterocycles.